The molecule has 1 aromatic rings. The first-order valence-electron chi connectivity index (χ1n) is 5.04. The number of ether oxygens (including phenoxy) is 2. The second kappa shape index (κ2) is 4.69. The van der Waals surface area contributed by atoms with Crippen molar-refractivity contribution in [2.45, 2.75) is 6.42 Å². The van der Waals surface area contributed by atoms with Gasteiger partial charge < -0.3 is 9.47 Å². The summed E-state index contributed by atoms with van der Waals surface area (Å²) in [7, 11) is 3.26. The summed E-state index contributed by atoms with van der Waals surface area (Å²) in [6, 6.07) is 3.92. The van der Waals surface area contributed by atoms with Gasteiger partial charge in [-0.3, -0.25) is 0 Å². The number of nitrogens with zero attached hydrogens (tertiary/aromatic N) is 1. The van der Waals surface area contributed by atoms with E-state index < -0.39 is 0 Å². The summed E-state index contributed by atoms with van der Waals surface area (Å²) in [5.41, 5.74) is 3.10. The lowest BCUT2D eigenvalue weighted by Gasteiger charge is -2.08. The second-order valence-corrected chi connectivity index (χ2v) is 3.33. The molecule has 0 radical (unpaired) electrons. The predicted molar refractivity (Wildman–Crippen MR) is 61.6 cm³/mol. The van der Waals surface area contributed by atoms with Crippen molar-refractivity contribution >= 4 is 11.8 Å². The van der Waals surface area contributed by atoms with Crippen LogP contribution in [0.5, 0.6) is 0 Å². The van der Waals surface area contributed by atoms with Gasteiger partial charge in [0.15, 0.2) is 5.76 Å². The molecule has 0 aliphatic heterocycles. The lowest BCUT2D eigenvalue weighted by atomic mass is 10.2. The third-order valence-electron chi connectivity index (χ3n) is 2.43. The van der Waals surface area contributed by atoms with Gasteiger partial charge in [0.1, 0.15) is 11.1 Å². The topological polar surface area (TPSA) is 31.4 Å². The van der Waals surface area contributed by atoms with Crippen molar-refractivity contribution in [3.8, 4) is 0 Å². The van der Waals surface area contributed by atoms with Crippen molar-refractivity contribution in [2.75, 3.05) is 14.2 Å². The van der Waals surface area contributed by atoms with E-state index in [0.29, 0.717) is 12.2 Å². The molecule has 82 valence electrons. The van der Waals surface area contributed by atoms with Crippen LogP contribution in [0, 0.1) is 0 Å². The molecule has 3 nitrogen and oxygen atoms in total. The zero-order valence-electron chi connectivity index (χ0n) is 9.36. The van der Waals surface area contributed by atoms with Gasteiger partial charge in [0.2, 0.25) is 0 Å². The lowest BCUT2D eigenvalue weighted by molar-refractivity contribution is 0.228. The van der Waals surface area contributed by atoms with E-state index in [0.717, 1.165) is 16.3 Å². The molecule has 0 aromatic carbocycles. The fraction of sp³-hybridized carbons (Fsp3) is 0.231. The molecule has 0 spiro atoms. The minimum absolute atomic E-state index is 0.690. The lowest BCUT2D eigenvalue weighted by Crippen LogP contribution is -2.26. The van der Waals surface area contributed by atoms with Crippen molar-refractivity contribution in [2.24, 2.45) is 0 Å². The van der Waals surface area contributed by atoms with Crippen molar-refractivity contribution in [3.05, 3.63) is 46.5 Å². The Balaban J connectivity index is 2.67. The number of rotatable bonds is 2. The van der Waals surface area contributed by atoms with Gasteiger partial charge >= 0.3 is 0 Å². The summed E-state index contributed by atoms with van der Waals surface area (Å²) in [4.78, 5) is 4.25. The van der Waals surface area contributed by atoms with Crippen LogP contribution >= 0.6 is 0 Å². The SMILES string of the molecule is CO/C1=C(\OC)C/C=c2/cccnc2=C=C1. The average molecular weight is 215 g/mol. The van der Waals surface area contributed by atoms with Crippen LogP contribution in [0.15, 0.2) is 35.9 Å². The molecule has 1 aromatic heterocycles. The minimum atomic E-state index is 0.690. The van der Waals surface area contributed by atoms with Crippen molar-refractivity contribution in [1.29, 1.82) is 0 Å². The van der Waals surface area contributed by atoms with Gasteiger partial charge in [-0.05, 0) is 6.07 Å². The van der Waals surface area contributed by atoms with Gasteiger partial charge in [0, 0.05) is 23.9 Å². The summed E-state index contributed by atoms with van der Waals surface area (Å²) in [6.45, 7) is 0. The molecular weight excluding hydrogens is 202 g/mol. The average Bonchev–Trinajstić information content (AvgIpc) is 2.31. The van der Waals surface area contributed by atoms with E-state index in [-0.39, 0.29) is 0 Å². The molecule has 0 unspecified atom stereocenters. The van der Waals surface area contributed by atoms with E-state index in [4.69, 9.17) is 9.47 Å². The highest BCUT2D eigenvalue weighted by Gasteiger charge is 2.04. The molecule has 1 aliphatic rings. The largest absolute Gasteiger partial charge is 0.497 e. The molecule has 0 fully saturated rings. The van der Waals surface area contributed by atoms with Gasteiger partial charge in [0.25, 0.3) is 0 Å². The third kappa shape index (κ3) is 2.00. The molecule has 0 amide bonds. The smallest absolute Gasteiger partial charge is 0.164 e. The highest BCUT2D eigenvalue weighted by atomic mass is 16.5. The molecule has 3 heteroatoms. The third-order valence-corrected chi connectivity index (χ3v) is 2.43. The first kappa shape index (κ1) is 10.5. The summed E-state index contributed by atoms with van der Waals surface area (Å²) in [6.07, 6.45) is 6.26. The van der Waals surface area contributed by atoms with Crippen LogP contribution in [0.3, 0.4) is 0 Å². The summed E-state index contributed by atoms with van der Waals surface area (Å²) < 4.78 is 10.5. The Morgan fingerprint density at radius 1 is 1.31 bits per heavy atom. The normalized spacial score (nSPS) is 20.8. The summed E-state index contributed by atoms with van der Waals surface area (Å²) in [5.74, 6) is 1.49. The van der Waals surface area contributed by atoms with E-state index in [2.05, 4.69) is 16.8 Å². The van der Waals surface area contributed by atoms with Crippen LogP contribution in [0.1, 0.15) is 6.42 Å². The number of methoxy groups -OCH3 is 2. The van der Waals surface area contributed by atoms with Gasteiger partial charge in [-0.2, -0.15) is 0 Å². The Bertz CT molecular complexity index is 566. The van der Waals surface area contributed by atoms with E-state index in [1.807, 2.05) is 12.1 Å². The maximum absolute atomic E-state index is 5.28. The standard InChI is InChI=1S/C13H13NO2/c1-15-12-7-5-10-4-3-9-14-11(10)6-8-13(12)16-2/h3-5,8-9H,7H2,1-2H3/b10-5-,13-12-. The molecule has 16 heavy (non-hydrogen) atoms. The van der Waals surface area contributed by atoms with Gasteiger partial charge in [-0.25, -0.2) is 4.98 Å². The number of pyridine rings is 1. The molecular formula is C13H13NO2. The molecule has 0 bridgehead atoms. The molecule has 0 saturated heterocycles. The molecule has 0 saturated carbocycles. The highest BCUT2D eigenvalue weighted by Crippen LogP contribution is 2.12. The monoisotopic (exact) mass is 215 g/mol. The van der Waals surface area contributed by atoms with E-state index in [9.17, 15) is 0 Å². The number of hydrogen-bond acceptors (Lipinski definition) is 3. The van der Waals surface area contributed by atoms with Crippen molar-refractivity contribution in [1.82, 2.24) is 4.98 Å². The van der Waals surface area contributed by atoms with E-state index in [1.54, 1.807) is 26.5 Å². The number of hydrogen-bond donors (Lipinski definition) is 0. The van der Waals surface area contributed by atoms with Crippen LogP contribution in [-0.2, 0) is 9.47 Å². The van der Waals surface area contributed by atoms with Crippen LogP contribution in [0.25, 0.3) is 11.8 Å². The number of allylic oxidation sites excluding steroid dienone is 2. The Morgan fingerprint density at radius 2 is 2.19 bits per heavy atom. The fourth-order valence-electron chi connectivity index (χ4n) is 1.58. The van der Waals surface area contributed by atoms with Crippen LogP contribution in [0.4, 0.5) is 0 Å². The maximum atomic E-state index is 5.28. The molecule has 2 rings (SSSR count). The van der Waals surface area contributed by atoms with Gasteiger partial charge in [0.05, 0.1) is 14.2 Å². The van der Waals surface area contributed by atoms with Crippen LogP contribution < -0.4 is 10.6 Å². The molecule has 1 heterocycles. The summed E-state index contributed by atoms with van der Waals surface area (Å²) >= 11 is 0. The Morgan fingerprint density at radius 3 is 2.94 bits per heavy atom. The van der Waals surface area contributed by atoms with Gasteiger partial charge in [-0.1, -0.05) is 17.9 Å². The highest BCUT2D eigenvalue weighted by molar-refractivity contribution is 5.38. The predicted octanol–water partition coefficient (Wildman–Crippen LogP) is 0.706. The van der Waals surface area contributed by atoms with E-state index in [1.165, 1.54) is 0 Å². The summed E-state index contributed by atoms with van der Waals surface area (Å²) in [5, 5.41) is 1.88. The zero-order chi connectivity index (χ0) is 11.4. The molecule has 1 aliphatic carbocycles. The number of fused-ring (bicyclic) bond motifs is 1. The maximum Gasteiger partial charge on any atom is 0.164 e. The Labute approximate surface area is 94.0 Å². The van der Waals surface area contributed by atoms with E-state index >= 15 is 0 Å². The van der Waals surface area contributed by atoms with Crippen LogP contribution in [0.2, 0.25) is 0 Å². The zero-order valence-corrected chi connectivity index (χ0v) is 9.36. The van der Waals surface area contributed by atoms with Crippen molar-refractivity contribution in [3.63, 3.8) is 0 Å². The minimum Gasteiger partial charge on any atom is -0.497 e. The van der Waals surface area contributed by atoms with Crippen LogP contribution in [-0.4, -0.2) is 19.2 Å². The first-order valence-corrected chi connectivity index (χ1v) is 5.04. The van der Waals surface area contributed by atoms with Gasteiger partial charge in [-0.15, -0.1) is 0 Å². The molecule has 0 N–H and O–H groups in total. The molecule has 0 atom stereocenters. The second-order valence-electron chi connectivity index (χ2n) is 3.33. The number of aromatic nitrogens is 1. The fourth-order valence-corrected chi connectivity index (χ4v) is 1.58. The van der Waals surface area contributed by atoms with Crippen molar-refractivity contribution < 1.29 is 9.47 Å². The Hall–Kier alpha value is -1.99. The Kier molecular flexibility index (Phi) is 3.08. The quantitative estimate of drug-likeness (QED) is 0.728. The first-order chi connectivity index (χ1) is 7.85.